The van der Waals surface area contributed by atoms with Gasteiger partial charge in [-0.3, -0.25) is 4.79 Å². The van der Waals surface area contributed by atoms with Crippen molar-refractivity contribution in [3.05, 3.63) is 35.9 Å². The fourth-order valence-electron chi connectivity index (χ4n) is 1.24. The summed E-state index contributed by atoms with van der Waals surface area (Å²) in [5.41, 5.74) is 0.542. The van der Waals surface area contributed by atoms with E-state index in [1.54, 1.807) is 30.3 Å². The van der Waals surface area contributed by atoms with Crippen LogP contribution < -0.4 is 5.32 Å². The Kier molecular flexibility index (Phi) is 4.21. The van der Waals surface area contributed by atoms with Gasteiger partial charge in [0.1, 0.15) is 0 Å². The maximum absolute atomic E-state index is 13.1. The summed E-state index contributed by atoms with van der Waals surface area (Å²) in [6.45, 7) is 1.43. The van der Waals surface area contributed by atoms with Gasteiger partial charge in [-0.2, -0.15) is 13.2 Å². The van der Waals surface area contributed by atoms with Gasteiger partial charge in [0.15, 0.2) is 0 Å². The largest absolute Gasteiger partial charge is 0.446 e. The molecule has 0 unspecified atom stereocenters. The molecular weight excluding hydrogens is 274 g/mol. The zero-order valence-electron chi connectivity index (χ0n) is 9.26. The van der Waals surface area contributed by atoms with Crippen molar-refractivity contribution < 1.29 is 22.4 Å². The standard InChI is InChI=1S/C11H10ClF4NO/c1-7(8-5-3-2-4-6-8)17-9(18)10(12,13)11(14,15)16/h2-7H,1H3,(H,17,18)/t7-,10-/m1/s1. The van der Waals surface area contributed by atoms with Crippen molar-refractivity contribution in [1.82, 2.24) is 5.32 Å². The van der Waals surface area contributed by atoms with Crippen LogP contribution in [-0.2, 0) is 4.79 Å². The van der Waals surface area contributed by atoms with Crippen molar-refractivity contribution in [3.8, 4) is 0 Å². The van der Waals surface area contributed by atoms with Gasteiger partial charge in [-0.15, -0.1) is 0 Å². The first kappa shape index (κ1) is 14.8. The van der Waals surface area contributed by atoms with Crippen LogP contribution in [0, 0.1) is 0 Å². The lowest BCUT2D eigenvalue weighted by Gasteiger charge is -2.23. The minimum atomic E-state index is -5.46. The number of carbonyl (C=O) groups excluding carboxylic acids is 1. The highest BCUT2D eigenvalue weighted by Gasteiger charge is 2.61. The summed E-state index contributed by atoms with van der Waals surface area (Å²) in [4.78, 5) is 11.2. The highest BCUT2D eigenvalue weighted by Crippen LogP contribution is 2.38. The van der Waals surface area contributed by atoms with Crippen LogP contribution in [0.3, 0.4) is 0 Å². The van der Waals surface area contributed by atoms with Gasteiger partial charge in [0.05, 0.1) is 6.04 Å². The number of halogens is 5. The van der Waals surface area contributed by atoms with Crippen LogP contribution in [0.25, 0.3) is 0 Å². The molecule has 0 aliphatic heterocycles. The van der Waals surface area contributed by atoms with E-state index in [1.807, 2.05) is 5.32 Å². The van der Waals surface area contributed by atoms with Crippen LogP contribution in [-0.4, -0.2) is 17.2 Å². The van der Waals surface area contributed by atoms with E-state index in [2.05, 4.69) is 11.6 Å². The van der Waals surface area contributed by atoms with Crippen molar-refractivity contribution >= 4 is 17.5 Å². The van der Waals surface area contributed by atoms with Crippen LogP contribution in [0.4, 0.5) is 17.6 Å². The molecule has 1 aromatic carbocycles. The van der Waals surface area contributed by atoms with Gasteiger partial charge in [0.25, 0.3) is 5.91 Å². The SMILES string of the molecule is C[C@@H](NC(=O)[C@](F)(Cl)C(F)(F)F)c1ccccc1. The molecule has 7 heteroatoms. The van der Waals surface area contributed by atoms with E-state index in [1.165, 1.54) is 6.92 Å². The molecule has 1 rings (SSSR count). The molecule has 100 valence electrons. The van der Waals surface area contributed by atoms with E-state index in [-0.39, 0.29) is 0 Å². The van der Waals surface area contributed by atoms with E-state index in [0.29, 0.717) is 5.56 Å². The van der Waals surface area contributed by atoms with Gasteiger partial charge in [-0.25, -0.2) is 4.39 Å². The Hall–Kier alpha value is -1.30. The number of rotatable bonds is 3. The van der Waals surface area contributed by atoms with Gasteiger partial charge in [0, 0.05) is 0 Å². The highest BCUT2D eigenvalue weighted by atomic mass is 35.5. The molecule has 0 aliphatic carbocycles. The average molecular weight is 284 g/mol. The van der Waals surface area contributed by atoms with Gasteiger partial charge in [-0.1, -0.05) is 41.9 Å². The Bertz CT molecular complexity index is 419. The Morgan fingerprint density at radius 2 is 1.72 bits per heavy atom. The van der Waals surface area contributed by atoms with E-state index in [9.17, 15) is 22.4 Å². The molecule has 0 radical (unpaired) electrons. The smallest absolute Gasteiger partial charge is 0.345 e. The number of benzene rings is 1. The minimum absolute atomic E-state index is 0.542. The van der Waals surface area contributed by atoms with Gasteiger partial charge >= 0.3 is 11.3 Å². The van der Waals surface area contributed by atoms with Crippen molar-refractivity contribution in [2.24, 2.45) is 0 Å². The molecule has 0 fully saturated rings. The Balaban J connectivity index is 2.78. The van der Waals surface area contributed by atoms with Gasteiger partial charge < -0.3 is 5.32 Å². The molecule has 0 spiro atoms. The summed E-state index contributed by atoms with van der Waals surface area (Å²) in [6, 6.07) is 7.39. The Morgan fingerprint density at radius 3 is 2.17 bits per heavy atom. The second-order valence-corrected chi connectivity index (χ2v) is 4.20. The summed E-state index contributed by atoms with van der Waals surface area (Å²) in [7, 11) is 0. The average Bonchev–Trinajstić information content (AvgIpc) is 2.28. The third-order valence-corrected chi connectivity index (χ3v) is 2.67. The summed E-state index contributed by atoms with van der Waals surface area (Å²) in [5.74, 6) is -1.92. The van der Waals surface area contributed by atoms with Crippen LogP contribution in [0.15, 0.2) is 30.3 Å². The summed E-state index contributed by atoms with van der Waals surface area (Å²) in [6.07, 6.45) is -5.46. The van der Waals surface area contributed by atoms with Crippen molar-refractivity contribution in [3.63, 3.8) is 0 Å². The predicted molar refractivity (Wildman–Crippen MR) is 58.7 cm³/mol. The molecule has 0 saturated heterocycles. The predicted octanol–water partition coefficient (Wildman–Crippen LogP) is 3.33. The molecule has 1 N–H and O–H groups in total. The van der Waals surface area contributed by atoms with E-state index < -0.39 is 23.3 Å². The van der Waals surface area contributed by atoms with Crippen molar-refractivity contribution in [1.29, 1.82) is 0 Å². The minimum Gasteiger partial charge on any atom is -0.345 e. The first-order valence-electron chi connectivity index (χ1n) is 4.96. The molecule has 0 aromatic heterocycles. The second kappa shape index (κ2) is 5.14. The Labute approximate surface area is 106 Å². The molecule has 0 aliphatic rings. The van der Waals surface area contributed by atoms with Crippen LogP contribution in [0.1, 0.15) is 18.5 Å². The normalized spacial score (nSPS) is 16.8. The molecule has 0 bridgehead atoms. The molecule has 1 amide bonds. The summed E-state index contributed by atoms with van der Waals surface area (Å²) >= 11 is 4.59. The fourth-order valence-corrected chi connectivity index (χ4v) is 1.30. The lowest BCUT2D eigenvalue weighted by atomic mass is 10.1. The maximum Gasteiger partial charge on any atom is 0.446 e. The highest BCUT2D eigenvalue weighted by molar-refractivity contribution is 6.34. The Morgan fingerprint density at radius 1 is 1.22 bits per heavy atom. The maximum atomic E-state index is 13.1. The van der Waals surface area contributed by atoms with Crippen LogP contribution in [0.5, 0.6) is 0 Å². The number of amides is 1. The van der Waals surface area contributed by atoms with E-state index >= 15 is 0 Å². The number of hydrogen-bond acceptors (Lipinski definition) is 1. The first-order valence-corrected chi connectivity index (χ1v) is 5.34. The molecule has 2 nitrogen and oxygen atoms in total. The molecular formula is C11H10ClF4NO. The third-order valence-electron chi connectivity index (χ3n) is 2.29. The quantitative estimate of drug-likeness (QED) is 0.669. The molecule has 18 heavy (non-hydrogen) atoms. The van der Waals surface area contributed by atoms with E-state index in [4.69, 9.17) is 0 Å². The van der Waals surface area contributed by atoms with Gasteiger partial charge in [0.2, 0.25) is 0 Å². The van der Waals surface area contributed by atoms with Crippen LogP contribution >= 0.6 is 11.6 Å². The molecule has 2 atom stereocenters. The van der Waals surface area contributed by atoms with Crippen molar-refractivity contribution in [2.75, 3.05) is 0 Å². The van der Waals surface area contributed by atoms with Gasteiger partial charge in [-0.05, 0) is 12.5 Å². The number of nitrogens with one attached hydrogen (secondary N) is 1. The zero-order chi connectivity index (χ0) is 14.0. The lowest BCUT2D eigenvalue weighted by Crippen LogP contribution is -2.50. The molecule has 1 aromatic rings. The van der Waals surface area contributed by atoms with Crippen LogP contribution in [0.2, 0.25) is 0 Å². The summed E-state index contributed by atoms with van der Waals surface area (Å²) in [5, 5.41) is -2.54. The third kappa shape index (κ3) is 3.13. The second-order valence-electron chi connectivity index (χ2n) is 3.68. The first-order chi connectivity index (χ1) is 8.16. The van der Waals surface area contributed by atoms with E-state index in [0.717, 1.165) is 0 Å². The monoisotopic (exact) mass is 283 g/mol. The topological polar surface area (TPSA) is 29.1 Å². The molecule has 0 saturated carbocycles. The molecule has 0 heterocycles. The number of hydrogen-bond donors (Lipinski definition) is 1. The fraction of sp³-hybridized carbons (Fsp3) is 0.364. The number of alkyl halides is 5. The number of carbonyl (C=O) groups is 1. The summed E-state index contributed by atoms with van der Waals surface area (Å²) < 4.78 is 49.6. The van der Waals surface area contributed by atoms with Crippen molar-refractivity contribution in [2.45, 2.75) is 24.3 Å². The lowest BCUT2D eigenvalue weighted by molar-refractivity contribution is -0.201. The zero-order valence-corrected chi connectivity index (χ0v) is 10.0.